The van der Waals surface area contributed by atoms with Gasteiger partial charge in [0.1, 0.15) is 0 Å². The lowest BCUT2D eigenvalue weighted by molar-refractivity contribution is -0.137. The molecule has 7 heteroatoms. The first-order valence-corrected chi connectivity index (χ1v) is 9.83. The van der Waals surface area contributed by atoms with E-state index in [0.29, 0.717) is 25.9 Å². The van der Waals surface area contributed by atoms with Crippen molar-refractivity contribution in [1.82, 2.24) is 20.0 Å². The Bertz CT molecular complexity index is 790. The molecule has 0 saturated carbocycles. The van der Waals surface area contributed by atoms with Crippen molar-refractivity contribution in [2.75, 3.05) is 13.1 Å². The number of nitrogens with zero attached hydrogens (tertiary/aromatic N) is 3. The third-order valence-electron chi connectivity index (χ3n) is 5.15. The zero-order valence-electron chi connectivity index (χ0n) is 16.3. The second kappa shape index (κ2) is 9.39. The zero-order valence-corrected chi connectivity index (χ0v) is 16.3. The number of nitrogens with one attached hydrogen (secondary N) is 1. The van der Waals surface area contributed by atoms with Gasteiger partial charge in [-0.05, 0) is 43.7 Å². The minimum absolute atomic E-state index is 0.0347. The molecule has 1 aromatic heterocycles. The van der Waals surface area contributed by atoms with Gasteiger partial charge >= 0.3 is 12.0 Å². The van der Waals surface area contributed by atoms with Gasteiger partial charge in [0.2, 0.25) is 0 Å². The van der Waals surface area contributed by atoms with Gasteiger partial charge in [0, 0.05) is 31.7 Å². The van der Waals surface area contributed by atoms with Crippen LogP contribution in [0.25, 0.3) is 0 Å². The van der Waals surface area contributed by atoms with Crippen LogP contribution in [0.15, 0.2) is 42.7 Å². The highest BCUT2D eigenvalue weighted by Gasteiger charge is 2.26. The normalized spacial score (nSPS) is 17.9. The van der Waals surface area contributed by atoms with Gasteiger partial charge in [-0.2, -0.15) is 5.10 Å². The minimum Gasteiger partial charge on any atom is -0.481 e. The van der Waals surface area contributed by atoms with E-state index in [0.717, 1.165) is 24.0 Å². The van der Waals surface area contributed by atoms with E-state index in [4.69, 9.17) is 5.11 Å². The summed E-state index contributed by atoms with van der Waals surface area (Å²) in [6.07, 6.45) is 6.83. The van der Waals surface area contributed by atoms with Crippen LogP contribution in [-0.4, -0.2) is 50.9 Å². The van der Waals surface area contributed by atoms with Gasteiger partial charge in [-0.1, -0.05) is 30.3 Å². The van der Waals surface area contributed by atoms with Gasteiger partial charge in [-0.15, -0.1) is 0 Å². The molecule has 2 atom stereocenters. The molecule has 28 heavy (non-hydrogen) atoms. The van der Waals surface area contributed by atoms with Crippen molar-refractivity contribution < 1.29 is 14.7 Å². The van der Waals surface area contributed by atoms with Crippen molar-refractivity contribution in [2.24, 2.45) is 0 Å². The Kier molecular flexibility index (Phi) is 6.68. The number of aromatic nitrogens is 2. The molecule has 7 nitrogen and oxygen atoms in total. The number of likely N-dealkylation sites (tertiary alicyclic amines) is 1. The Hall–Kier alpha value is -2.83. The van der Waals surface area contributed by atoms with Crippen molar-refractivity contribution in [2.45, 2.75) is 51.1 Å². The van der Waals surface area contributed by atoms with Crippen molar-refractivity contribution in [3.8, 4) is 0 Å². The molecule has 1 aromatic carbocycles. The summed E-state index contributed by atoms with van der Waals surface area (Å²) in [5.41, 5.74) is 2.19. The van der Waals surface area contributed by atoms with Crippen LogP contribution >= 0.6 is 0 Å². The molecular weight excluding hydrogens is 356 g/mol. The van der Waals surface area contributed by atoms with Crippen LogP contribution in [0, 0.1) is 6.92 Å². The Morgan fingerprint density at radius 1 is 1.32 bits per heavy atom. The average molecular weight is 384 g/mol. The maximum atomic E-state index is 12.9. The van der Waals surface area contributed by atoms with Crippen molar-refractivity contribution >= 4 is 12.0 Å². The van der Waals surface area contributed by atoms with Gasteiger partial charge in [0.05, 0.1) is 12.2 Å². The lowest BCUT2D eigenvalue weighted by Crippen LogP contribution is -2.49. The van der Waals surface area contributed by atoms with Crippen LogP contribution in [0.1, 0.15) is 42.9 Å². The fourth-order valence-corrected chi connectivity index (χ4v) is 3.68. The third kappa shape index (κ3) is 5.58. The molecule has 1 fully saturated rings. The topological polar surface area (TPSA) is 87.5 Å². The maximum absolute atomic E-state index is 12.9. The number of hydrogen-bond acceptors (Lipinski definition) is 3. The van der Waals surface area contributed by atoms with E-state index in [1.807, 2.05) is 59.2 Å². The SMILES string of the molecule is Cc1cnn(C2CCCN(C(=O)NC(CCC(=O)O)Cc3ccccc3)C2)c1. The van der Waals surface area contributed by atoms with Crippen LogP contribution < -0.4 is 5.32 Å². The van der Waals surface area contributed by atoms with Crippen LogP contribution in [0.5, 0.6) is 0 Å². The second-order valence-corrected chi connectivity index (χ2v) is 7.51. The molecule has 1 aliphatic rings. The van der Waals surface area contributed by atoms with E-state index in [1.54, 1.807) is 0 Å². The molecule has 2 heterocycles. The maximum Gasteiger partial charge on any atom is 0.317 e. The lowest BCUT2D eigenvalue weighted by atomic mass is 10.0. The summed E-state index contributed by atoms with van der Waals surface area (Å²) in [6, 6.07) is 9.69. The van der Waals surface area contributed by atoms with Crippen LogP contribution in [0.2, 0.25) is 0 Å². The first-order chi connectivity index (χ1) is 13.5. The predicted molar refractivity (Wildman–Crippen MR) is 106 cm³/mol. The molecule has 2 unspecified atom stereocenters. The minimum atomic E-state index is -0.848. The average Bonchev–Trinajstić information content (AvgIpc) is 3.13. The standard InChI is InChI=1S/C21H28N4O3/c1-16-13-22-25(14-16)19-8-5-11-24(15-19)21(28)23-18(9-10-20(26)27)12-17-6-3-2-4-7-17/h2-4,6-7,13-14,18-19H,5,8-12,15H2,1H3,(H,23,28)(H,26,27). The number of benzene rings is 1. The number of amides is 2. The zero-order chi connectivity index (χ0) is 19.9. The molecule has 0 spiro atoms. The van der Waals surface area contributed by atoms with Gasteiger partial charge in [-0.3, -0.25) is 9.48 Å². The Morgan fingerprint density at radius 3 is 2.79 bits per heavy atom. The number of carbonyl (C=O) groups excluding carboxylic acids is 1. The Morgan fingerprint density at radius 2 is 2.11 bits per heavy atom. The molecule has 1 saturated heterocycles. The summed E-state index contributed by atoms with van der Waals surface area (Å²) in [6.45, 7) is 3.33. The summed E-state index contributed by atoms with van der Waals surface area (Å²) in [5, 5.41) is 16.5. The predicted octanol–water partition coefficient (Wildman–Crippen LogP) is 3.01. The highest BCUT2D eigenvalue weighted by Crippen LogP contribution is 2.21. The number of carboxylic acids is 1. The lowest BCUT2D eigenvalue weighted by Gasteiger charge is -2.34. The van der Waals surface area contributed by atoms with Crippen LogP contribution in [-0.2, 0) is 11.2 Å². The molecule has 2 aromatic rings. The van der Waals surface area contributed by atoms with Crippen LogP contribution in [0.3, 0.4) is 0 Å². The monoisotopic (exact) mass is 384 g/mol. The van der Waals surface area contributed by atoms with E-state index in [-0.39, 0.29) is 24.5 Å². The largest absolute Gasteiger partial charge is 0.481 e. The summed E-state index contributed by atoms with van der Waals surface area (Å²) >= 11 is 0. The summed E-state index contributed by atoms with van der Waals surface area (Å²) < 4.78 is 1.95. The highest BCUT2D eigenvalue weighted by molar-refractivity contribution is 5.75. The number of hydrogen-bond donors (Lipinski definition) is 2. The number of piperidine rings is 1. The molecular formula is C21H28N4O3. The van der Waals surface area contributed by atoms with Crippen molar-refractivity contribution in [3.05, 3.63) is 53.9 Å². The fraction of sp³-hybridized carbons (Fsp3) is 0.476. The van der Waals surface area contributed by atoms with Crippen molar-refractivity contribution in [1.29, 1.82) is 0 Å². The first-order valence-electron chi connectivity index (χ1n) is 9.83. The number of urea groups is 1. The van der Waals surface area contributed by atoms with E-state index < -0.39 is 5.97 Å². The smallest absolute Gasteiger partial charge is 0.317 e. The van der Waals surface area contributed by atoms with E-state index in [1.165, 1.54) is 0 Å². The van der Waals surface area contributed by atoms with Gasteiger partial charge < -0.3 is 15.3 Å². The van der Waals surface area contributed by atoms with E-state index >= 15 is 0 Å². The molecule has 0 radical (unpaired) electrons. The Labute approximate surface area is 165 Å². The summed E-state index contributed by atoms with van der Waals surface area (Å²) in [4.78, 5) is 25.7. The molecule has 0 aliphatic carbocycles. The number of rotatable bonds is 7. The van der Waals surface area contributed by atoms with Gasteiger partial charge in [-0.25, -0.2) is 4.79 Å². The molecule has 2 N–H and O–H groups in total. The number of carboxylic acid groups (broad SMARTS) is 1. The second-order valence-electron chi connectivity index (χ2n) is 7.51. The summed E-state index contributed by atoms with van der Waals surface area (Å²) in [5.74, 6) is -0.848. The molecule has 0 bridgehead atoms. The first kappa shape index (κ1) is 19.9. The third-order valence-corrected chi connectivity index (χ3v) is 5.15. The molecule has 150 valence electrons. The highest BCUT2D eigenvalue weighted by atomic mass is 16.4. The number of aliphatic carboxylic acids is 1. The molecule has 2 amide bonds. The van der Waals surface area contributed by atoms with Gasteiger partial charge in [0.25, 0.3) is 0 Å². The van der Waals surface area contributed by atoms with Crippen molar-refractivity contribution in [3.63, 3.8) is 0 Å². The van der Waals surface area contributed by atoms with E-state index in [2.05, 4.69) is 10.4 Å². The van der Waals surface area contributed by atoms with Crippen LogP contribution in [0.4, 0.5) is 4.79 Å². The summed E-state index contributed by atoms with van der Waals surface area (Å²) in [7, 11) is 0. The molecule has 1 aliphatic heterocycles. The fourth-order valence-electron chi connectivity index (χ4n) is 3.68. The number of aryl methyl sites for hydroxylation is 1. The quantitative estimate of drug-likeness (QED) is 0.768. The van der Waals surface area contributed by atoms with Gasteiger partial charge in [0.15, 0.2) is 0 Å². The molecule has 3 rings (SSSR count). The Balaban J connectivity index is 1.62. The van der Waals surface area contributed by atoms with E-state index in [9.17, 15) is 9.59 Å². The number of carbonyl (C=O) groups is 2.